The van der Waals surface area contributed by atoms with Crippen LogP contribution in [0.1, 0.15) is 90.5 Å². The Balaban J connectivity index is 0.844. The van der Waals surface area contributed by atoms with Crippen LogP contribution >= 0.6 is 35.8 Å². The van der Waals surface area contributed by atoms with Gasteiger partial charge in [0.2, 0.25) is 0 Å². The molecular weight excluding hydrogens is 2070 g/mol. The number of nitrogens with zero attached hydrogens (tertiary/aromatic N) is 7. The number of phosphoric ester groups is 2. The molecule has 6 aromatic heterocycles. The van der Waals surface area contributed by atoms with Gasteiger partial charge in [-0.05, 0) is 83.4 Å². The maximum Gasteiger partial charge on any atom is 0.472 e. The first-order valence-corrected chi connectivity index (χ1v) is 54.3. The van der Waals surface area contributed by atoms with Crippen LogP contribution in [0.4, 0.5) is 5.82 Å². The number of aromatic amines is 5. The highest BCUT2D eigenvalue weighted by Crippen LogP contribution is 2.58. The molecule has 6 aromatic rings. The molecule has 6 aliphatic rings. The number of rotatable bonds is 52. The molecule has 6 saturated heterocycles. The average Bonchev–Trinajstić information content (AvgIpc) is 1.62. The minimum absolute atomic E-state index is 0.00445. The van der Waals surface area contributed by atoms with Crippen molar-refractivity contribution in [3.05, 3.63) is 185 Å². The molecule has 66 heteroatoms. The number of nitrogens with one attached hydrogen (secondary N) is 5. The minimum Gasteiger partial charge on any atom is -0.387 e. The zero-order valence-corrected chi connectivity index (χ0v) is 85.0. The number of ether oxygens (including phenoxy) is 16. The van der Waals surface area contributed by atoms with Crippen molar-refractivity contribution in [2.45, 2.75) is 202 Å². The van der Waals surface area contributed by atoms with E-state index >= 15 is 9.13 Å². The summed E-state index contributed by atoms with van der Waals surface area (Å²) >= 11 is 16.9. The fourth-order valence-electron chi connectivity index (χ4n) is 15.9. The van der Waals surface area contributed by atoms with Crippen LogP contribution in [-0.2, 0) is 166 Å². The first kappa shape index (κ1) is 114. The van der Waals surface area contributed by atoms with E-state index in [9.17, 15) is 82.3 Å². The Labute approximate surface area is 818 Å². The zero-order chi connectivity index (χ0) is 104. The van der Waals surface area contributed by atoms with Crippen LogP contribution in [0.3, 0.4) is 0 Å². The van der Waals surface area contributed by atoms with Gasteiger partial charge in [0.25, 0.3) is 27.8 Å². The molecule has 13 N–H and O–H groups in total. The lowest BCUT2D eigenvalue weighted by molar-refractivity contribution is -0.0854. The van der Waals surface area contributed by atoms with Crippen molar-refractivity contribution in [3.8, 4) is 0 Å². The van der Waals surface area contributed by atoms with Gasteiger partial charge >= 0.3 is 69.9 Å². The number of H-pyrrole nitrogens is 5. The van der Waals surface area contributed by atoms with Crippen molar-refractivity contribution in [2.75, 3.05) is 140 Å². The fourth-order valence-corrected chi connectivity index (χ4v) is 22.1. The van der Waals surface area contributed by atoms with Gasteiger partial charge in [0, 0.05) is 113 Å². The van der Waals surface area contributed by atoms with Crippen LogP contribution < -0.4 is 67.7 Å². The Morgan fingerprint density at radius 2 is 0.627 bits per heavy atom. The number of aliphatic hydroxyl groups excluding tert-OH is 1. The molecule has 11 unspecified atom stereocenters. The number of nitrogen functional groups attached to an aromatic ring is 1. The molecule has 12 rings (SSSR count). The van der Waals surface area contributed by atoms with Gasteiger partial charge in [-0.3, -0.25) is 103 Å². The number of methoxy groups -OCH3 is 5. The second kappa shape index (κ2) is 49.6. The molecule has 142 heavy (non-hydrogen) atoms. The molecule has 794 valence electrons. The average molecular weight is 2180 g/mol. The van der Waals surface area contributed by atoms with Gasteiger partial charge in [0.15, 0.2) is 31.1 Å². The van der Waals surface area contributed by atoms with Crippen LogP contribution in [0, 0.1) is 41.5 Å². The standard InChI is InChI=1S/C76H112N13O45P5S3/c1-13-42-43(24-49(124-42)84-26-37(3)61(91)79-72(84)97)130-137(106,140)122-34-47-52(57(116-21-16-111-10)68(128-47)88-29-40(6)64(94)82-75(88)100)132-135(102,103)119-32-45-51(56(115-20-15-110-9)67(126-45)87-28-39(5)63(93)81-74(87)99)131-136(104,105)120-33-46-53(58(117-22-17-112-11)70(127-46)89-30-41(7)65(95)83-76(89)101)133-139(108,142)123-35-48-54(59(118-23-18-113-12)69(129-48)85-25-36(2)60(77)78-71(85)96)134-138(107,141)121-31-44-50(90)55(114-19-14-109-8)66(125-44)86-27-38(4)62(92)80-73(86)98/h25-30,42-59,66-70,90H,13-24,31-35H2,1-12H3,(H,102,103)(H,104,105)(H,106,140)(H,107,141)(H,108,142)(H2,77,78,96)(H,79,91,97)(H,80,92,98)(H,81,93,99)(H,82,94,100)(H,83,95,101)/t42-,43?,44-,45-,46-,47-,48-,49-,50?,51?,52?,53?,54?,55+,56+,57+,58+,59+,66-,67-,68-,69-,70-,137?,138?,139?/m1/s1. The maximum atomic E-state index is 15.3. The molecule has 0 aliphatic carbocycles. The number of anilines is 1. The van der Waals surface area contributed by atoms with Gasteiger partial charge in [0.05, 0.1) is 111 Å². The van der Waals surface area contributed by atoms with Crippen molar-refractivity contribution >= 4 is 77.0 Å². The SMILES string of the molecule is CC[C@H]1O[C@@H](n2cc(C)c(=O)[nH]c2=O)CC1OP(O)(=S)OC[C@H]1O[C@@H](n2cc(C)c(=O)[nH]c2=O)[C@@H](OCCOC)C1OP(=O)(O)OC[C@H]1O[C@@H](n2cc(C)c(=O)[nH]c2=O)[C@@H](OCCOC)C1OP(=O)(O)OC[C@H]1O[C@@H](n2cc(C)c(=O)[nH]c2=O)[C@@H](OCCOC)C1OP(O)(=S)OC[C@H]1O[C@@H](n2cc(C)c(N)nc2=O)[C@@H](OCCOC)C1OP(O)(=S)OC[C@H]1O[C@@H](n2cc(C)c(=O)[nH]c2=O)[C@@H](OCCOC)C1O. The summed E-state index contributed by atoms with van der Waals surface area (Å²) in [6.07, 6.45) is -32.0. The third-order valence-corrected chi connectivity index (χ3v) is 29.6. The van der Waals surface area contributed by atoms with Crippen LogP contribution in [0.5, 0.6) is 0 Å². The van der Waals surface area contributed by atoms with Crippen molar-refractivity contribution in [2.24, 2.45) is 0 Å². The molecule has 58 nitrogen and oxygen atoms in total. The number of aromatic nitrogens is 12. The second-order valence-electron chi connectivity index (χ2n) is 32.9. The number of hydrogen-bond donors (Lipinski definition) is 12. The van der Waals surface area contributed by atoms with E-state index in [0.717, 1.165) is 46.0 Å². The van der Waals surface area contributed by atoms with Crippen molar-refractivity contribution in [3.63, 3.8) is 0 Å². The monoisotopic (exact) mass is 2180 g/mol. The van der Waals surface area contributed by atoms with E-state index in [2.05, 4.69) is 29.9 Å². The van der Waals surface area contributed by atoms with Gasteiger partial charge in [-0.2, -0.15) is 4.98 Å². The predicted octanol–water partition coefficient (Wildman–Crippen LogP) is -3.01. The van der Waals surface area contributed by atoms with E-state index in [1.165, 1.54) is 95.7 Å². The topological polar surface area (TPSA) is 731 Å². The molecule has 0 radical (unpaired) electrons. The van der Waals surface area contributed by atoms with Gasteiger partial charge in [-0.25, -0.2) is 37.9 Å². The highest BCUT2D eigenvalue weighted by molar-refractivity contribution is 8.07. The summed E-state index contributed by atoms with van der Waals surface area (Å²) in [5.41, 5.74) is -4.00. The van der Waals surface area contributed by atoms with E-state index in [4.69, 9.17) is 162 Å². The first-order chi connectivity index (χ1) is 67.1. The third-order valence-electron chi connectivity index (χ3n) is 22.9. The van der Waals surface area contributed by atoms with E-state index in [0.29, 0.717) is 0 Å². The summed E-state index contributed by atoms with van der Waals surface area (Å²) in [5, 5.41) is 11.8. The lowest BCUT2D eigenvalue weighted by atomic mass is 10.1. The highest BCUT2D eigenvalue weighted by atomic mass is 32.5. The quantitative estimate of drug-likeness (QED) is 0.0134. The lowest BCUT2D eigenvalue weighted by Gasteiger charge is -2.30. The Morgan fingerprint density at radius 3 is 0.958 bits per heavy atom. The molecule has 0 saturated carbocycles. The first-order valence-electron chi connectivity index (χ1n) is 43.5. The third kappa shape index (κ3) is 28.2. The Bertz CT molecular complexity index is 6360. The van der Waals surface area contributed by atoms with E-state index in [1.807, 2.05) is 0 Å². The van der Waals surface area contributed by atoms with Gasteiger partial charge in [-0.15, -0.1) is 0 Å². The van der Waals surface area contributed by atoms with Gasteiger partial charge in [0.1, 0.15) is 104 Å². The van der Waals surface area contributed by atoms with Gasteiger partial charge < -0.3 is 129 Å². The molecule has 6 fully saturated rings. The number of hydrogen-bond acceptors (Lipinski definition) is 45. The minimum atomic E-state index is -6.00. The van der Waals surface area contributed by atoms with E-state index < -0.39 is 285 Å². The summed E-state index contributed by atoms with van der Waals surface area (Å²) in [6, 6.07) is 0. The number of nitrogens with two attached hydrogens (primary N) is 1. The summed E-state index contributed by atoms with van der Waals surface area (Å²) < 4.78 is 191. The second-order valence-corrected chi connectivity index (χ2v) is 44.1. The number of phosphoric acid groups is 2. The molecule has 0 spiro atoms. The molecular formula is C76H112N13O45P5S3. The number of aliphatic hydroxyl groups is 1. The Morgan fingerprint density at radius 1 is 0.359 bits per heavy atom. The van der Waals surface area contributed by atoms with Gasteiger partial charge in [-0.1, -0.05) is 6.92 Å². The smallest absolute Gasteiger partial charge is 0.387 e. The molecule has 0 aromatic carbocycles. The lowest BCUT2D eigenvalue weighted by Crippen LogP contribution is -2.42. The van der Waals surface area contributed by atoms with Crippen LogP contribution in [0.25, 0.3) is 0 Å². The molecule has 0 amide bonds. The molecule has 0 bridgehead atoms. The van der Waals surface area contributed by atoms with Crippen LogP contribution in [0.2, 0.25) is 0 Å². The predicted molar refractivity (Wildman–Crippen MR) is 494 cm³/mol. The number of aryl methyl sites for hydroxylation is 6. The van der Waals surface area contributed by atoms with Crippen molar-refractivity contribution in [1.82, 2.24) is 57.3 Å². The van der Waals surface area contributed by atoms with E-state index in [1.54, 1.807) is 6.92 Å². The summed E-state index contributed by atoms with van der Waals surface area (Å²) in [7, 11) is -5.35. The zero-order valence-electron chi connectivity index (χ0n) is 78.0. The molecule has 12 heterocycles. The summed E-state index contributed by atoms with van der Waals surface area (Å²) in [6.45, 7) is -12.6. The van der Waals surface area contributed by atoms with E-state index in [-0.39, 0.29) is 105 Å². The summed E-state index contributed by atoms with van der Waals surface area (Å²) in [5.74, 6) is -0.199. The van der Waals surface area contributed by atoms with Crippen LogP contribution in [0.15, 0.2) is 89.9 Å². The van der Waals surface area contributed by atoms with Crippen molar-refractivity contribution < 1.29 is 160 Å². The Kier molecular flexibility index (Phi) is 39.8. The molecule has 28 atom stereocenters. The normalized spacial score (nSPS) is 29.4. The fraction of sp³-hybridized carbons (Fsp3) is 0.684. The maximum absolute atomic E-state index is 15.3. The largest absolute Gasteiger partial charge is 0.472 e. The van der Waals surface area contributed by atoms with Crippen molar-refractivity contribution in [1.29, 1.82) is 0 Å². The Hall–Kier alpha value is -6.79. The van der Waals surface area contributed by atoms with Crippen LogP contribution in [-0.4, -0.2) is 325 Å². The molecule has 6 aliphatic heterocycles. The highest BCUT2D eigenvalue weighted by Gasteiger charge is 2.58. The summed E-state index contributed by atoms with van der Waals surface area (Å²) in [4.78, 5) is 222.